The van der Waals surface area contributed by atoms with Crippen molar-refractivity contribution in [3.63, 3.8) is 0 Å². The zero-order valence-corrected chi connectivity index (χ0v) is 29.9. The lowest BCUT2D eigenvalue weighted by atomic mass is 9.47. The number of rotatable bonds is 20. The van der Waals surface area contributed by atoms with Crippen molar-refractivity contribution < 1.29 is 20.1 Å². The molecule has 0 bridgehead atoms. The van der Waals surface area contributed by atoms with Gasteiger partial charge in [-0.15, -0.1) is 0 Å². The van der Waals surface area contributed by atoms with Gasteiger partial charge in [0, 0.05) is 19.6 Å². The van der Waals surface area contributed by atoms with Crippen LogP contribution in [0.2, 0.25) is 0 Å². The first-order chi connectivity index (χ1) is 21.6. The van der Waals surface area contributed by atoms with Crippen molar-refractivity contribution in [3.05, 3.63) is 11.6 Å². The smallest absolute Gasteiger partial charge is 0.154 e. The van der Waals surface area contributed by atoms with E-state index in [1.54, 1.807) is 5.57 Å². The van der Waals surface area contributed by atoms with E-state index in [4.69, 9.17) is 9.84 Å². The molecule has 262 valence electrons. The van der Waals surface area contributed by atoms with E-state index in [9.17, 15) is 10.2 Å². The zero-order valence-electron chi connectivity index (χ0n) is 29.9. The molecule has 3 fully saturated rings. The second-order valence-corrected chi connectivity index (χ2v) is 16.7. The first-order valence-electron chi connectivity index (χ1n) is 19.3. The van der Waals surface area contributed by atoms with Gasteiger partial charge in [-0.2, -0.15) is 0 Å². The normalized spacial score (nSPS) is 35.0. The molecule has 4 aliphatic carbocycles. The van der Waals surface area contributed by atoms with E-state index in [1.807, 2.05) is 0 Å². The maximum absolute atomic E-state index is 10.7. The van der Waals surface area contributed by atoms with E-state index in [0.29, 0.717) is 30.3 Å². The SMILES string of the molecule is CC(C)CCC[C@@H](C)C1CCC2C3CC=C4C[C@@H](OC(O)CCCCCCC(O)NCCNCCO)CC[C@]4(C)C3CC[C@@]21C. The molecule has 0 heterocycles. The predicted octanol–water partition coefficient (Wildman–Crippen LogP) is 7.56. The van der Waals surface area contributed by atoms with Gasteiger partial charge in [0.2, 0.25) is 0 Å². The molecule has 0 aromatic heterocycles. The van der Waals surface area contributed by atoms with Crippen LogP contribution in [0.5, 0.6) is 0 Å². The zero-order chi connectivity index (χ0) is 32.5. The highest BCUT2D eigenvalue weighted by atomic mass is 16.6. The summed E-state index contributed by atoms with van der Waals surface area (Å²) < 4.78 is 6.25. The molecule has 3 saturated carbocycles. The highest BCUT2D eigenvalue weighted by Gasteiger charge is 2.59. The van der Waals surface area contributed by atoms with E-state index in [1.165, 1.54) is 57.8 Å². The molecule has 0 spiro atoms. The highest BCUT2D eigenvalue weighted by Crippen LogP contribution is 2.67. The van der Waals surface area contributed by atoms with E-state index in [2.05, 4.69) is 51.3 Å². The Morgan fingerprint density at radius 1 is 0.844 bits per heavy atom. The summed E-state index contributed by atoms with van der Waals surface area (Å²) in [5.74, 6) is 5.20. The van der Waals surface area contributed by atoms with E-state index < -0.39 is 12.5 Å². The van der Waals surface area contributed by atoms with Crippen LogP contribution in [0.3, 0.4) is 0 Å². The van der Waals surface area contributed by atoms with Crippen LogP contribution in [0.4, 0.5) is 0 Å². The van der Waals surface area contributed by atoms with Crippen molar-refractivity contribution in [2.45, 2.75) is 162 Å². The Bertz CT molecular complexity index is 896. The predicted molar refractivity (Wildman–Crippen MR) is 186 cm³/mol. The van der Waals surface area contributed by atoms with Crippen molar-refractivity contribution in [3.8, 4) is 0 Å². The molecule has 0 aromatic rings. The van der Waals surface area contributed by atoms with Crippen LogP contribution in [0.15, 0.2) is 11.6 Å². The number of unbranched alkanes of at least 4 members (excludes halogenated alkanes) is 3. The molecule has 0 radical (unpaired) electrons. The number of aliphatic hydroxyl groups excluding tert-OH is 3. The molecule has 6 nitrogen and oxygen atoms in total. The van der Waals surface area contributed by atoms with Crippen LogP contribution in [0.1, 0.15) is 144 Å². The molecule has 0 aromatic carbocycles. The fourth-order valence-corrected chi connectivity index (χ4v) is 10.7. The molecular weight excluding hydrogens is 560 g/mol. The Labute approximate surface area is 276 Å². The lowest BCUT2D eigenvalue weighted by molar-refractivity contribution is -0.152. The summed E-state index contributed by atoms with van der Waals surface area (Å²) in [6.07, 6.45) is 21.7. The first-order valence-corrected chi connectivity index (χ1v) is 19.3. The quantitative estimate of drug-likeness (QED) is 0.0540. The summed E-state index contributed by atoms with van der Waals surface area (Å²) in [4.78, 5) is 0. The van der Waals surface area contributed by atoms with E-state index in [-0.39, 0.29) is 12.7 Å². The largest absolute Gasteiger partial charge is 0.395 e. The van der Waals surface area contributed by atoms with Gasteiger partial charge in [-0.25, -0.2) is 0 Å². The van der Waals surface area contributed by atoms with Gasteiger partial charge in [0.1, 0.15) is 6.23 Å². The summed E-state index contributed by atoms with van der Waals surface area (Å²) in [6.45, 7) is 14.8. The van der Waals surface area contributed by atoms with Crippen LogP contribution in [-0.2, 0) is 4.74 Å². The van der Waals surface area contributed by atoms with Crippen LogP contribution < -0.4 is 10.6 Å². The third-order valence-electron chi connectivity index (χ3n) is 13.3. The van der Waals surface area contributed by atoms with Crippen molar-refractivity contribution in [1.29, 1.82) is 0 Å². The second-order valence-electron chi connectivity index (χ2n) is 16.7. The Morgan fingerprint density at radius 3 is 2.38 bits per heavy atom. The van der Waals surface area contributed by atoms with Crippen molar-refractivity contribution in [2.24, 2.45) is 46.3 Å². The summed E-state index contributed by atoms with van der Waals surface area (Å²) in [7, 11) is 0. The number of hydrogen-bond donors (Lipinski definition) is 5. The minimum absolute atomic E-state index is 0.139. The minimum atomic E-state index is -0.664. The molecule has 45 heavy (non-hydrogen) atoms. The minimum Gasteiger partial charge on any atom is -0.395 e. The number of aliphatic hydroxyl groups is 3. The third kappa shape index (κ3) is 9.79. The van der Waals surface area contributed by atoms with Crippen molar-refractivity contribution >= 4 is 0 Å². The van der Waals surface area contributed by atoms with Gasteiger partial charge in [0.15, 0.2) is 6.29 Å². The van der Waals surface area contributed by atoms with Gasteiger partial charge in [-0.1, -0.05) is 78.4 Å². The number of fused-ring (bicyclic) bond motifs is 5. The Kier molecular flexibility index (Phi) is 14.7. The average Bonchev–Trinajstić information content (AvgIpc) is 3.36. The molecule has 0 aliphatic heterocycles. The van der Waals surface area contributed by atoms with Crippen molar-refractivity contribution in [2.75, 3.05) is 26.2 Å². The number of allylic oxidation sites excluding steroid dienone is 1. The number of ether oxygens (including phenoxy) is 1. The number of hydrogen-bond acceptors (Lipinski definition) is 6. The van der Waals surface area contributed by atoms with Crippen LogP contribution in [0, 0.1) is 46.3 Å². The highest BCUT2D eigenvalue weighted by molar-refractivity contribution is 5.25. The van der Waals surface area contributed by atoms with Gasteiger partial charge >= 0.3 is 0 Å². The summed E-state index contributed by atoms with van der Waals surface area (Å²) in [6, 6.07) is 0. The van der Waals surface area contributed by atoms with E-state index in [0.717, 1.165) is 87.0 Å². The maximum Gasteiger partial charge on any atom is 0.154 e. The molecular formula is C39H72N2O4. The molecule has 6 heteroatoms. The third-order valence-corrected chi connectivity index (χ3v) is 13.3. The average molecular weight is 633 g/mol. The van der Waals surface area contributed by atoms with Gasteiger partial charge in [-0.3, -0.25) is 5.32 Å². The maximum atomic E-state index is 10.7. The summed E-state index contributed by atoms with van der Waals surface area (Å²) in [5, 5.41) is 35.8. The summed E-state index contributed by atoms with van der Waals surface area (Å²) in [5.41, 5.74) is 2.51. The Balaban J connectivity index is 1.17. The monoisotopic (exact) mass is 633 g/mol. The molecule has 6 unspecified atom stereocenters. The lowest BCUT2D eigenvalue weighted by Crippen LogP contribution is -2.51. The first kappa shape index (κ1) is 37.3. The van der Waals surface area contributed by atoms with Gasteiger partial charge in [0.25, 0.3) is 0 Å². The fraction of sp³-hybridized carbons (Fsp3) is 0.949. The molecule has 10 atom stereocenters. The standard InChI is InChI=1S/C39H72N2O4/c1-28(2)11-10-12-29(3)33-17-18-34-32-16-15-30-27-31(19-21-38(30,4)35(32)20-22-39(33,34)5)45-37(44)14-9-7-6-8-13-36(43)41-24-23-40-25-26-42/h15,28-29,31-37,40-44H,6-14,16-27H2,1-5H3/t29-,31+,32?,33?,34?,35?,36?,37?,38+,39-/m1/s1. The lowest BCUT2D eigenvalue weighted by Gasteiger charge is -2.58. The van der Waals surface area contributed by atoms with Crippen LogP contribution >= 0.6 is 0 Å². The van der Waals surface area contributed by atoms with Crippen molar-refractivity contribution in [1.82, 2.24) is 10.6 Å². The Morgan fingerprint density at radius 2 is 1.62 bits per heavy atom. The van der Waals surface area contributed by atoms with Gasteiger partial charge < -0.3 is 25.4 Å². The van der Waals surface area contributed by atoms with Gasteiger partial charge in [0.05, 0.1) is 12.7 Å². The molecule has 4 aliphatic rings. The summed E-state index contributed by atoms with van der Waals surface area (Å²) >= 11 is 0. The van der Waals surface area contributed by atoms with Gasteiger partial charge in [-0.05, 0) is 123 Å². The molecule has 4 rings (SSSR count). The second kappa shape index (κ2) is 17.8. The molecule has 5 N–H and O–H groups in total. The van der Waals surface area contributed by atoms with Crippen LogP contribution in [0.25, 0.3) is 0 Å². The fourth-order valence-electron chi connectivity index (χ4n) is 10.7. The van der Waals surface area contributed by atoms with E-state index >= 15 is 0 Å². The Hall–Kier alpha value is -0.500. The number of nitrogens with one attached hydrogen (secondary N) is 2. The van der Waals surface area contributed by atoms with Crippen LogP contribution in [-0.4, -0.2) is 60.2 Å². The molecule has 0 amide bonds. The molecule has 0 saturated heterocycles. The topological polar surface area (TPSA) is 94.0 Å².